The molecule has 0 amide bonds. The molecule has 0 heterocycles. The molecule has 0 atom stereocenters. The SMILES string of the molecule is CCNC(=S)N/N=C\c1cc(Br)ccc1OCc1ccccc1F. The number of hydrazone groups is 1. The molecule has 0 bridgehead atoms. The van der Waals surface area contributed by atoms with Gasteiger partial charge in [0.2, 0.25) is 0 Å². The highest BCUT2D eigenvalue weighted by molar-refractivity contribution is 9.10. The van der Waals surface area contributed by atoms with E-state index in [-0.39, 0.29) is 12.4 Å². The lowest BCUT2D eigenvalue weighted by molar-refractivity contribution is 0.299. The van der Waals surface area contributed by atoms with Crippen LogP contribution in [0.3, 0.4) is 0 Å². The van der Waals surface area contributed by atoms with E-state index in [0.717, 1.165) is 16.6 Å². The molecule has 0 unspecified atom stereocenters. The molecule has 0 aliphatic heterocycles. The smallest absolute Gasteiger partial charge is 0.186 e. The van der Waals surface area contributed by atoms with Crippen LogP contribution < -0.4 is 15.5 Å². The van der Waals surface area contributed by atoms with Gasteiger partial charge >= 0.3 is 0 Å². The minimum absolute atomic E-state index is 0.137. The van der Waals surface area contributed by atoms with Crippen LogP contribution in [0.4, 0.5) is 4.39 Å². The molecule has 0 aromatic heterocycles. The molecule has 7 heteroatoms. The Kier molecular flexibility index (Phi) is 7.14. The molecule has 2 N–H and O–H groups in total. The zero-order valence-electron chi connectivity index (χ0n) is 13.1. The Morgan fingerprint density at radius 1 is 1.33 bits per heavy atom. The average Bonchev–Trinajstić information content (AvgIpc) is 2.56. The number of nitrogens with one attached hydrogen (secondary N) is 2. The molecule has 2 aromatic rings. The van der Waals surface area contributed by atoms with Crippen molar-refractivity contribution < 1.29 is 9.13 Å². The Hall–Kier alpha value is -1.99. The van der Waals surface area contributed by atoms with Crippen molar-refractivity contribution in [2.45, 2.75) is 13.5 Å². The first kappa shape index (κ1) is 18.4. The van der Waals surface area contributed by atoms with Gasteiger partial charge in [0, 0.05) is 22.1 Å². The minimum Gasteiger partial charge on any atom is -0.488 e. The number of nitrogens with zero attached hydrogens (tertiary/aromatic N) is 1. The Morgan fingerprint density at radius 2 is 2.12 bits per heavy atom. The maximum Gasteiger partial charge on any atom is 0.186 e. The lowest BCUT2D eigenvalue weighted by Gasteiger charge is -2.10. The maximum atomic E-state index is 13.7. The number of benzene rings is 2. The third kappa shape index (κ3) is 5.58. The second-order valence-electron chi connectivity index (χ2n) is 4.79. The monoisotopic (exact) mass is 409 g/mol. The molecule has 0 saturated heterocycles. The Morgan fingerprint density at radius 3 is 2.88 bits per heavy atom. The largest absolute Gasteiger partial charge is 0.488 e. The van der Waals surface area contributed by atoms with Gasteiger partial charge in [0.1, 0.15) is 18.2 Å². The molecular formula is C17H17BrFN3OS. The summed E-state index contributed by atoms with van der Waals surface area (Å²) >= 11 is 8.45. The summed E-state index contributed by atoms with van der Waals surface area (Å²) in [6.07, 6.45) is 1.60. The fourth-order valence-electron chi connectivity index (χ4n) is 1.88. The van der Waals surface area contributed by atoms with Crippen molar-refractivity contribution in [1.29, 1.82) is 0 Å². The van der Waals surface area contributed by atoms with Gasteiger partial charge in [-0.2, -0.15) is 5.10 Å². The van der Waals surface area contributed by atoms with E-state index in [4.69, 9.17) is 17.0 Å². The number of thiocarbonyl (C=S) groups is 1. The zero-order valence-corrected chi connectivity index (χ0v) is 15.5. The van der Waals surface area contributed by atoms with Crippen molar-refractivity contribution >= 4 is 39.5 Å². The van der Waals surface area contributed by atoms with E-state index in [0.29, 0.717) is 16.4 Å². The molecule has 2 rings (SSSR count). The molecular weight excluding hydrogens is 393 g/mol. The Bertz CT molecular complexity index is 740. The fraction of sp³-hybridized carbons (Fsp3) is 0.176. The van der Waals surface area contributed by atoms with Crippen molar-refractivity contribution in [3.8, 4) is 5.75 Å². The van der Waals surface area contributed by atoms with Gasteiger partial charge in [0.05, 0.1) is 6.21 Å². The highest BCUT2D eigenvalue weighted by Gasteiger charge is 2.06. The fourth-order valence-corrected chi connectivity index (χ4v) is 2.46. The summed E-state index contributed by atoms with van der Waals surface area (Å²) in [7, 11) is 0. The van der Waals surface area contributed by atoms with E-state index >= 15 is 0 Å². The van der Waals surface area contributed by atoms with Crippen LogP contribution in [0, 0.1) is 5.82 Å². The molecule has 0 aliphatic rings. The molecule has 126 valence electrons. The van der Waals surface area contributed by atoms with Crippen LogP contribution in [0.5, 0.6) is 5.75 Å². The lowest BCUT2D eigenvalue weighted by Crippen LogP contribution is -2.31. The van der Waals surface area contributed by atoms with Gasteiger partial charge in [0.15, 0.2) is 5.11 Å². The van der Waals surface area contributed by atoms with Crippen LogP contribution in [-0.4, -0.2) is 17.9 Å². The summed E-state index contributed by atoms with van der Waals surface area (Å²) < 4.78 is 20.3. The van der Waals surface area contributed by atoms with E-state index in [9.17, 15) is 4.39 Å². The highest BCUT2D eigenvalue weighted by Crippen LogP contribution is 2.23. The van der Waals surface area contributed by atoms with Gasteiger partial charge in [-0.15, -0.1) is 0 Å². The molecule has 0 fully saturated rings. The van der Waals surface area contributed by atoms with Crippen LogP contribution >= 0.6 is 28.1 Å². The third-order valence-corrected chi connectivity index (χ3v) is 3.75. The van der Waals surface area contributed by atoms with Crippen LogP contribution in [0.1, 0.15) is 18.1 Å². The predicted octanol–water partition coefficient (Wildman–Crippen LogP) is 3.99. The van der Waals surface area contributed by atoms with Crippen LogP contribution in [-0.2, 0) is 6.61 Å². The minimum atomic E-state index is -0.289. The normalized spacial score (nSPS) is 10.6. The Labute approximate surface area is 154 Å². The van der Waals surface area contributed by atoms with Gasteiger partial charge in [-0.1, -0.05) is 34.1 Å². The average molecular weight is 410 g/mol. The number of ether oxygens (including phenoxy) is 1. The first-order chi connectivity index (χ1) is 11.6. The van der Waals surface area contributed by atoms with Gasteiger partial charge < -0.3 is 10.1 Å². The second kappa shape index (κ2) is 9.34. The summed E-state index contributed by atoms with van der Waals surface area (Å²) in [5.74, 6) is 0.309. The molecule has 24 heavy (non-hydrogen) atoms. The lowest BCUT2D eigenvalue weighted by atomic mass is 10.2. The number of halogens is 2. The van der Waals surface area contributed by atoms with E-state index < -0.39 is 0 Å². The van der Waals surface area contributed by atoms with Crippen LogP contribution in [0.25, 0.3) is 0 Å². The van der Waals surface area contributed by atoms with E-state index in [1.165, 1.54) is 6.07 Å². The quantitative estimate of drug-likeness (QED) is 0.430. The van der Waals surface area contributed by atoms with Crippen LogP contribution in [0.2, 0.25) is 0 Å². The Balaban J connectivity index is 2.08. The topological polar surface area (TPSA) is 45.7 Å². The number of hydrogen-bond donors (Lipinski definition) is 2. The first-order valence-electron chi connectivity index (χ1n) is 7.32. The zero-order chi connectivity index (χ0) is 17.4. The summed E-state index contributed by atoms with van der Waals surface area (Å²) in [5, 5.41) is 7.46. The van der Waals surface area contributed by atoms with E-state index in [1.807, 2.05) is 19.1 Å². The summed E-state index contributed by atoms with van der Waals surface area (Å²) in [6, 6.07) is 12.0. The van der Waals surface area contributed by atoms with Crippen molar-refractivity contribution in [3.63, 3.8) is 0 Å². The predicted molar refractivity (Wildman–Crippen MR) is 102 cm³/mol. The standard InChI is InChI=1S/C17H17BrFN3OS/c1-2-20-17(24)22-21-10-13-9-14(18)7-8-16(13)23-11-12-5-3-4-6-15(12)19/h3-10H,2,11H2,1H3,(H2,20,22,24)/b21-10-. The first-order valence-corrected chi connectivity index (χ1v) is 8.53. The molecule has 2 aromatic carbocycles. The molecule has 0 saturated carbocycles. The summed E-state index contributed by atoms with van der Waals surface area (Å²) in [4.78, 5) is 0. The molecule has 0 radical (unpaired) electrons. The van der Waals surface area contributed by atoms with E-state index in [2.05, 4.69) is 31.8 Å². The van der Waals surface area contributed by atoms with Crippen molar-refractivity contribution in [1.82, 2.24) is 10.7 Å². The molecule has 0 aliphatic carbocycles. The van der Waals surface area contributed by atoms with Gasteiger partial charge in [-0.05, 0) is 43.4 Å². The van der Waals surface area contributed by atoms with Gasteiger partial charge in [-0.3, -0.25) is 5.43 Å². The summed E-state index contributed by atoms with van der Waals surface area (Å²) in [6.45, 7) is 2.80. The summed E-state index contributed by atoms with van der Waals surface area (Å²) in [5.41, 5.74) is 3.96. The van der Waals surface area contributed by atoms with Gasteiger partial charge in [-0.25, -0.2) is 4.39 Å². The van der Waals surface area contributed by atoms with Gasteiger partial charge in [0.25, 0.3) is 0 Å². The third-order valence-electron chi connectivity index (χ3n) is 3.02. The number of hydrogen-bond acceptors (Lipinski definition) is 3. The molecule has 4 nitrogen and oxygen atoms in total. The molecule has 0 spiro atoms. The van der Waals surface area contributed by atoms with Crippen molar-refractivity contribution in [3.05, 3.63) is 63.9 Å². The number of rotatable bonds is 6. The van der Waals surface area contributed by atoms with Crippen molar-refractivity contribution in [2.75, 3.05) is 6.54 Å². The van der Waals surface area contributed by atoms with Crippen LogP contribution in [0.15, 0.2) is 52.0 Å². The maximum absolute atomic E-state index is 13.7. The van der Waals surface area contributed by atoms with Crippen molar-refractivity contribution in [2.24, 2.45) is 5.10 Å². The second-order valence-corrected chi connectivity index (χ2v) is 6.12. The highest BCUT2D eigenvalue weighted by atomic mass is 79.9. The van der Waals surface area contributed by atoms with E-state index in [1.54, 1.807) is 30.5 Å².